The maximum absolute atomic E-state index is 10.8. The highest BCUT2D eigenvalue weighted by Gasteiger charge is 1.98. The zero-order valence-electron chi connectivity index (χ0n) is 7.46. The summed E-state index contributed by atoms with van der Waals surface area (Å²) in [5, 5.41) is 7.16. The molecule has 0 aromatic carbocycles. The third-order valence-electron chi connectivity index (χ3n) is 1.62. The van der Waals surface area contributed by atoms with Crippen LogP contribution in [0.25, 0.3) is 0 Å². The van der Waals surface area contributed by atoms with Crippen LogP contribution in [-0.2, 0) is 18.3 Å². The van der Waals surface area contributed by atoms with Gasteiger partial charge in [-0.3, -0.25) is 9.48 Å². The SMILES string of the molecule is Cn1cc(CCNC(=O)CBr)cn1. The molecular weight excluding hydrogens is 234 g/mol. The monoisotopic (exact) mass is 245 g/mol. The summed E-state index contributed by atoms with van der Waals surface area (Å²) in [7, 11) is 1.88. The average molecular weight is 246 g/mol. The minimum Gasteiger partial charge on any atom is -0.355 e. The molecule has 0 radical (unpaired) electrons. The fraction of sp³-hybridized carbons (Fsp3) is 0.500. The highest BCUT2D eigenvalue weighted by Crippen LogP contribution is 1.95. The lowest BCUT2D eigenvalue weighted by Crippen LogP contribution is -2.26. The fourth-order valence-corrected chi connectivity index (χ4v) is 1.19. The summed E-state index contributed by atoms with van der Waals surface area (Å²) < 4.78 is 1.75. The van der Waals surface area contributed by atoms with Crippen LogP contribution in [0.1, 0.15) is 5.56 Å². The summed E-state index contributed by atoms with van der Waals surface area (Å²) in [5.41, 5.74) is 1.14. The molecule has 5 heteroatoms. The number of aryl methyl sites for hydroxylation is 1. The van der Waals surface area contributed by atoms with Gasteiger partial charge < -0.3 is 5.32 Å². The van der Waals surface area contributed by atoms with Gasteiger partial charge >= 0.3 is 0 Å². The molecule has 1 rings (SSSR count). The van der Waals surface area contributed by atoms with Crippen molar-refractivity contribution in [3.8, 4) is 0 Å². The highest BCUT2D eigenvalue weighted by molar-refractivity contribution is 9.09. The van der Waals surface area contributed by atoms with Crippen molar-refractivity contribution >= 4 is 21.8 Å². The molecular formula is C8H12BrN3O. The first-order chi connectivity index (χ1) is 6.22. The average Bonchev–Trinajstić information content (AvgIpc) is 2.51. The zero-order valence-corrected chi connectivity index (χ0v) is 9.04. The molecule has 0 aliphatic rings. The molecule has 0 fully saturated rings. The summed E-state index contributed by atoms with van der Waals surface area (Å²) in [5.74, 6) is 0.0175. The maximum Gasteiger partial charge on any atom is 0.230 e. The predicted molar refractivity (Wildman–Crippen MR) is 53.7 cm³/mol. The van der Waals surface area contributed by atoms with E-state index in [4.69, 9.17) is 0 Å². The van der Waals surface area contributed by atoms with Crippen molar-refractivity contribution in [1.29, 1.82) is 0 Å². The molecule has 0 aliphatic heterocycles. The minimum absolute atomic E-state index is 0.0175. The van der Waals surface area contributed by atoms with Gasteiger partial charge in [0.25, 0.3) is 0 Å². The van der Waals surface area contributed by atoms with Crippen LogP contribution in [0.5, 0.6) is 0 Å². The summed E-state index contributed by atoms with van der Waals surface area (Å²) in [6.07, 6.45) is 4.58. The normalized spacial score (nSPS) is 10.0. The Hall–Kier alpha value is -0.840. The Morgan fingerprint density at radius 3 is 3.08 bits per heavy atom. The van der Waals surface area contributed by atoms with Gasteiger partial charge in [-0.1, -0.05) is 15.9 Å². The van der Waals surface area contributed by atoms with E-state index >= 15 is 0 Å². The first-order valence-electron chi connectivity index (χ1n) is 4.02. The molecule has 4 nitrogen and oxygen atoms in total. The van der Waals surface area contributed by atoms with Gasteiger partial charge in [0.05, 0.1) is 11.5 Å². The van der Waals surface area contributed by atoms with Crippen LogP contribution >= 0.6 is 15.9 Å². The molecule has 0 bridgehead atoms. The van der Waals surface area contributed by atoms with Crippen molar-refractivity contribution in [3.05, 3.63) is 18.0 Å². The molecule has 1 aromatic heterocycles. The van der Waals surface area contributed by atoms with Crippen molar-refractivity contribution in [2.75, 3.05) is 11.9 Å². The summed E-state index contributed by atoms with van der Waals surface area (Å²) in [6, 6.07) is 0. The lowest BCUT2D eigenvalue weighted by Gasteiger charge is -1.99. The van der Waals surface area contributed by atoms with Gasteiger partial charge in [0, 0.05) is 19.8 Å². The predicted octanol–water partition coefficient (Wildman–Crippen LogP) is 0.474. The summed E-state index contributed by atoms with van der Waals surface area (Å²) in [4.78, 5) is 10.8. The molecule has 0 aliphatic carbocycles. The summed E-state index contributed by atoms with van der Waals surface area (Å²) in [6.45, 7) is 0.663. The van der Waals surface area contributed by atoms with Crippen LogP contribution in [0.2, 0.25) is 0 Å². The number of nitrogens with one attached hydrogen (secondary N) is 1. The Morgan fingerprint density at radius 2 is 2.54 bits per heavy atom. The van der Waals surface area contributed by atoms with Gasteiger partial charge in [-0.25, -0.2) is 0 Å². The Kier molecular flexibility index (Phi) is 3.95. The number of carbonyl (C=O) groups is 1. The number of alkyl halides is 1. The van der Waals surface area contributed by atoms with Crippen molar-refractivity contribution in [2.45, 2.75) is 6.42 Å². The summed E-state index contributed by atoms with van der Waals surface area (Å²) >= 11 is 3.08. The van der Waals surface area contributed by atoms with E-state index in [1.54, 1.807) is 10.9 Å². The Bertz CT molecular complexity index is 285. The van der Waals surface area contributed by atoms with Crippen molar-refractivity contribution in [3.63, 3.8) is 0 Å². The van der Waals surface area contributed by atoms with E-state index in [0.29, 0.717) is 11.9 Å². The molecule has 0 saturated heterocycles. The number of rotatable bonds is 4. The molecule has 1 N–H and O–H groups in total. The fourth-order valence-electron chi connectivity index (χ4n) is 0.994. The molecule has 1 aromatic rings. The second-order valence-corrected chi connectivity index (χ2v) is 3.32. The van der Waals surface area contributed by atoms with Gasteiger partial charge in [-0.05, 0) is 12.0 Å². The third-order valence-corrected chi connectivity index (χ3v) is 2.12. The van der Waals surface area contributed by atoms with E-state index < -0.39 is 0 Å². The number of hydrogen-bond acceptors (Lipinski definition) is 2. The van der Waals surface area contributed by atoms with Crippen molar-refractivity contribution < 1.29 is 4.79 Å². The van der Waals surface area contributed by atoms with E-state index in [1.807, 2.05) is 13.2 Å². The first kappa shape index (κ1) is 10.2. The van der Waals surface area contributed by atoms with Gasteiger partial charge in [0.1, 0.15) is 0 Å². The Morgan fingerprint density at radius 1 is 1.77 bits per heavy atom. The second kappa shape index (κ2) is 5.01. The number of carbonyl (C=O) groups excluding carboxylic acids is 1. The van der Waals surface area contributed by atoms with Gasteiger partial charge in [0.2, 0.25) is 5.91 Å². The van der Waals surface area contributed by atoms with Crippen LogP contribution in [0.4, 0.5) is 0 Å². The van der Waals surface area contributed by atoms with E-state index in [-0.39, 0.29) is 5.91 Å². The van der Waals surface area contributed by atoms with Crippen LogP contribution < -0.4 is 5.32 Å². The molecule has 0 saturated carbocycles. The van der Waals surface area contributed by atoms with Crippen LogP contribution in [0, 0.1) is 0 Å². The Balaban J connectivity index is 2.24. The number of hydrogen-bond donors (Lipinski definition) is 1. The van der Waals surface area contributed by atoms with Gasteiger partial charge in [0.15, 0.2) is 0 Å². The quantitative estimate of drug-likeness (QED) is 0.785. The van der Waals surface area contributed by atoms with E-state index in [2.05, 4.69) is 26.3 Å². The lowest BCUT2D eigenvalue weighted by molar-refractivity contribution is -0.118. The largest absolute Gasteiger partial charge is 0.355 e. The standard InChI is InChI=1S/C8H12BrN3O/c1-12-6-7(5-11-12)2-3-10-8(13)4-9/h5-6H,2-4H2,1H3,(H,10,13). The maximum atomic E-state index is 10.8. The van der Waals surface area contributed by atoms with Crippen molar-refractivity contribution in [1.82, 2.24) is 15.1 Å². The van der Waals surface area contributed by atoms with Gasteiger partial charge in [-0.2, -0.15) is 5.10 Å². The van der Waals surface area contributed by atoms with Crippen LogP contribution in [0.15, 0.2) is 12.4 Å². The molecule has 1 amide bonds. The Labute approximate surface area is 85.4 Å². The first-order valence-corrected chi connectivity index (χ1v) is 5.14. The van der Waals surface area contributed by atoms with Crippen LogP contribution in [-0.4, -0.2) is 27.6 Å². The number of aromatic nitrogens is 2. The number of nitrogens with zero attached hydrogens (tertiary/aromatic N) is 2. The van der Waals surface area contributed by atoms with E-state index in [0.717, 1.165) is 12.0 Å². The smallest absolute Gasteiger partial charge is 0.230 e. The highest BCUT2D eigenvalue weighted by atomic mass is 79.9. The number of amides is 1. The minimum atomic E-state index is 0.0175. The third kappa shape index (κ3) is 3.59. The molecule has 13 heavy (non-hydrogen) atoms. The molecule has 0 atom stereocenters. The molecule has 0 unspecified atom stereocenters. The second-order valence-electron chi connectivity index (χ2n) is 2.76. The zero-order chi connectivity index (χ0) is 9.68. The molecule has 72 valence electrons. The van der Waals surface area contributed by atoms with E-state index in [1.165, 1.54) is 0 Å². The topological polar surface area (TPSA) is 46.9 Å². The molecule has 0 spiro atoms. The number of halogens is 1. The van der Waals surface area contributed by atoms with Crippen molar-refractivity contribution in [2.24, 2.45) is 7.05 Å². The molecule has 1 heterocycles. The van der Waals surface area contributed by atoms with Crippen LogP contribution in [0.3, 0.4) is 0 Å². The van der Waals surface area contributed by atoms with Gasteiger partial charge in [-0.15, -0.1) is 0 Å². The lowest BCUT2D eigenvalue weighted by atomic mass is 10.2. The van der Waals surface area contributed by atoms with E-state index in [9.17, 15) is 4.79 Å².